The lowest BCUT2D eigenvalue weighted by molar-refractivity contribution is -0.0207. The number of hydrogen-bond donors (Lipinski definition) is 2. The number of hydrogen-bond acceptors (Lipinski definition) is 3. The fourth-order valence-electron chi connectivity index (χ4n) is 5.26. The Hall–Kier alpha value is -1.42. The summed E-state index contributed by atoms with van der Waals surface area (Å²) in [6.07, 6.45) is 9.79. The zero-order valence-corrected chi connectivity index (χ0v) is 12.2. The number of aromatic carboxylic acids is 1. The van der Waals surface area contributed by atoms with Crippen LogP contribution in [0.3, 0.4) is 0 Å². The maximum Gasteiger partial charge on any atom is 0.337 e. The van der Waals surface area contributed by atoms with E-state index in [1.54, 1.807) is 6.07 Å². The number of aromatic nitrogens is 1. The van der Waals surface area contributed by atoms with Crippen molar-refractivity contribution >= 4 is 5.97 Å². The van der Waals surface area contributed by atoms with Crippen LogP contribution in [-0.4, -0.2) is 21.6 Å². The molecular formula is C17H22N2O2. The highest BCUT2D eigenvalue weighted by atomic mass is 16.4. The van der Waals surface area contributed by atoms with Gasteiger partial charge in [-0.2, -0.15) is 0 Å². The number of carboxylic acid groups (broad SMARTS) is 1. The Morgan fingerprint density at radius 3 is 2.29 bits per heavy atom. The SMILES string of the molecule is O=C(O)c1ccc(CNC23CC4CC(CC(C4)C2)C3)nc1. The highest BCUT2D eigenvalue weighted by Gasteiger charge is 2.50. The maximum atomic E-state index is 10.8. The predicted molar refractivity (Wildman–Crippen MR) is 78.9 cm³/mol. The van der Waals surface area contributed by atoms with E-state index >= 15 is 0 Å². The molecule has 0 radical (unpaired) electrons. The summed E-state index contributed by atoms with van der Waals surface area (Å²) in [5.74, 6) is 1.89. The number of nitrogens with one attached hydrogen (secondary N) is 1. The van der Waals surface area contributed by atoms with Crippen LogP contribution >= 0.6 is 0 Å². The number of rotatable bonds is 4. The molecule has 4 saturated carbocycles. The third-order valence-corrected chi connectivity index (χ3v) is 5.75. The van der Waals surface area contributed by atoms with E-state index in [-0.39, 0.29) is 5.56 Å². The molecule has 4 aliphatic carbocycles. The lowest BCUT2D eigenvalue weighted by atomic mass is 9.53. The van der Waals surface area contributed by atoms with Crippen molar-refractivity contribution in [2.45, 2.75) is 50.6 Å². The molecule has 1 heterocycles. The van der Waals surface area contributed by atoms with E-state index in [4.69, 9.17) is 5.11 Å². The minimum atomic E-state index is -0.914. The second-order valence-electron chi connectivity index (χ2n) is 7.39. The largest absolute Gasteiger partial charge is 0.478 e. The summed E-state index contributed by atoms with van der Waals surface area (Å²) < 4.78 is 0. The lowest BCUT2D eigenvalue weighted by Crippen LogP contribution is -2.58. The molecule has 0 spiro atoms. The van der Waals surface area contributed by atoms with Crippen LogP contribution in [0.5, 0.6) is 0 Å². The van der Waals surface area contributed by atoms with E-state index in [1.807, 2.05) is 6.07 Å². The average Bonchev–Trinajstić information content (AvgIpc) is 2.44. The Bertz CT molecular complexity index is 517. The molecular weight excluding hydrogens is 264 g/mol. The van der Waals surface area contributed by atoms with Crippen molar-refractivity contribution in [3.63, 3.8) is 0 Å². The van der Waals surface area contributed by atoms with Gasteiger partial charge in [-0.15, -0.1) is 0 Å². The van der Waals surface area contributed by atoms with Crippen molar-refractivity contribution in [3.05, 3.63) is 29.6 Å². The second-order valence-corrected chi connectivity index (χ2v) is 7.39. The van der Waals surface area contributed by atoms with Crippen molar-refractivity contribution in [2.24, 2.45) is 17.8 Å². The van der Waals surface area contributed by atoms with Crippen LogP contribution in [0.1, 0.15) is 54.6 Å². The molecule has 4 nitrogen and oxygen atoms in total. The minimum Gasteiger partial charge on any atom is -0.478 e. The van der Waals surface area contributed by atoms with Gasteiger partial charge in [0.15, 0.2) is 0 Å². The molecule has 21 heavy (non-hydrogen) atoms. The van der Waals surface area contributed by atoms with Crippen molar-refractivity contribution in [1.29, 1.82) is 0 Å². The van der Waals surface area contributed by atoms with Gasteiger partial charge in [-0.1, -0.05) is 0 Å². The molecule has 5 rings (SSSR count). The van der Waals surface area contributed by atoms with Crippen LogP contribution < -0.4 is 5.32 Å². The van der Waals surface area contributed by atoms with Crippen LogP contribution in [-0.2, 0) is 6.54 Å². The fraction of sp³-hybridized carbons (Fsp3) is 0.647. The predicted octanol–water partition coefficient (Wildman–Crippen LogP) is 2.84. The van der Waals surface area contributed by atoms with Crippen LogP contribution in [0.4, 0.5) is 0 Å². The first-order valence-electron chi connectivity index (χ1n) is 8.05. The molecule has 2 N–H and O–H groups in total. The normalized spacial score (nSPS) is 36.9. The summed E-state index contributed by atoms with van der Waals surface area (Å²) in [5.41, 5.74) is 1.53. The van der Waals surface area contributed by atoms with Gasteiger partial charge < -0.3 is 10.4 Å². The van der Waals surface area contributed by atoms with E-state index in [0.29, 0.717) is 5.54 Å². The number of nitrogens with zero attached hydrogens (tertiary/aromatic N) is 1. The first kappa shape index (κ1) is 13.3. The van der Waals surface area contributed by atoms with Crippen molar-refractivity contribution < 1.29 is 9.90 Å². The first-order chi connectivity index (χ1) is 10.1. The van der Waals surface area contributed by atoms with Gasteiger partial charge in [0.05, 0.1) is 11.3 Å². The van der Waals surface area contributed by atoms with Gasteiger partial charge in [0.25, 0.3) is 0 Å². The van der Waals surface area contributed by atoms with Crippen molar-refractivity contribution in [3.8, 4) is 0 Å². The van der Waals surface area contributed by atoms with Gasteiger partial charge in [0.1, 0.15) is 0 Å². The summed E-state index contributed by atoms with van der Waals surface area (Å²) in [6.45, 7) is 0.756. The summed E-state index contributed by atoms with van der Waals surface area (Å²) in [5, 5.41) is 12.7. The van der Waals surface area contributed by atoms with Crippen LogP contribution in [0.15, 0.2) is 18.3 Å². The molecule has 0 aliphatic heterocycles. The summed E-state index contributed by atoms with van der Waals surface area (Å²) in [4.78, 5) is 15.1. The van der Waals surface area contributed by atoms with Crippen LogP contribution in [0.25, 0.3) is 0 Å². The van der Waals surface area contributed by atoms with Crippen molar-refractivity contribution in [2.75, 3.05) is 0 Å². The summed E-state index contributed by atoms with van der Waals surface area (Å²) in [6, 6.07) is 3.48. The standard InChI is InChI=1S/C17H22N2O2/c20-16(21)14-1-2-15(18-9-14)10-19-17-6-11-3-12(7-17)5-13(4-11)8-17/h1-2,9,11-13,19H,3-8,10H2,(H,20,21). The Labute approximate surface area is 125 Å². The molecule has 4 fully saturated rings. The van der Waals surface area contributed by atoms with E-state index in [2.05, 4.69) is 10.3 Å². The van der Waals surface area contributed by atoms with E-state index in [0.717, 1.165) is 30.0 Å². The molecule has 0 unspecified atom stereocenters. The smallest absolute Gasteiger partial charge is 0.337 e. The van der Waals surface area contributed by atoms with Gasteiger partial charge in [-0.25, -0.2) is 4.79 Å². The monoisotopic (exact) mass is 286 g/mol. The van der Waals surface area contributed by atoms with Crippen LogP contribution in [0.2, 0.25) is 0 Å². The minimum absolute atomic E-state index is 0.258. The van der Waals surface area contributed by atoms with E-state index in [9.17, 15) is 4.79 Å². The molecule has 1 aromatic heterocycles. The van der Waals surface area contributed by atoms with Gasteiger partial charge in [-0.05, 0) is 68.4 Å². The fourth-order valence-corrected chi connectivity index (χ4v) is 5.26. The highest BCUT2D eigenvalue weighted by molar-refractivity contribution is 5.87. The Morgan fingerprint density at radius 2 is 1.81 bits per heavy atom. The number of carbonyl (C=O) groups is 1. The zero-order chi connectivity index (χ0) is 14.4. The average molecular weight is 286 g/mol. The molecule has 0 atom stereocenters. The lowest BCUT2D eigenvalue weighted by Gasteiger charge is -2.57. The van der Waals surface area contributed by atoms with Gasteiger partial charge in [-0.3, -0.25) is 4.98 Å². The van der Waals surface area contributed by atoms with Gasteiger partial charge in [0, 0.05) is 18.3 Å². The molecule has 4 bridgehead atoms. The van der Waals surface area contributed by atoms with Crippen molar-refractivity contribution in [1.82, 2.24) is 10.3 Å². The first-order valence-corrected chi connectivity index (χ1v) is 8.05. The molecule has 4 heteroatoms. The molecule has 4 aliphatic rings. The Balaban J connectivity index is 1.43. The van der Waals surface area contributed by atoms with Crippen LogP contribution in [0, 0.1) is 17.8 Å². The van der Waals surface area contributed by atoms with E-state index < -0.39 is 5.97 Å². The second kappa shape index (κ2) is 4.80. The zero-order valence-electron chi connectivity index (χ0n) is 12.2. The summed E-state index contributed by atoms with van der Waals surface area (Å²) >= 11 is 0. The Kier molecular flexibility index (Phi) is 3.03. The molecule has 0 amide bonds. The highest BCUT2D eigenvalue weighted by Crippen LogP contribution is 2.55. The van der Waals surface area contributed by atoms with Gasteiger partial charge >= 0.3 is 5.97 Å². The third-order valence-electron chi connectivity index (χ3n) is 5.75. The molecule has 112 valence electrons. The summed E-state index contributed by atoms with van der Waals surface area (Å²) in [7, 11) is 0. The molecule has 0 saturated heterocycles. The topological polar surface area (TPSA) is 62.2 Å². The maximum absolute atomic E-state index is 10.8. The van der Waals surface area contributed by atoms with E-state index in [1.165, 1.54) is 44.7 Å². The molecule has 0 aromatic carbocycles. The van der Waals surface area contributed by atoms with Gasteiger partial charge in [0.2, 0.25) is 0 Å². The third kappa shape index (κ3) is 2.46. The molecule has 1 aromatic rings. The number of pyridine rings is 1. The Morgan fingerprint density at radius 1 is 1.19 bits per heavy atom. The number of carboxylic acids is 1. The quantitative estimate of drug-likeness (QED) is 0.893.